The second-order valence-corrected chi connectivity index (χ2v) is 5.86. The maximum atomic E-state index is 6.01. The minimum absolute atomic E-state index is 0.386. The molecular formula is C19H28O4. The van der Waals surface area contributed by atoms with Gasteiger partial charge in [-0.15, -0.1) is 0 Å². The van der Waals surface area contributed by atoms with Gasteiger partial charge in [0.25, 0.3) is 0 Å². The lowest BCUT2D eigenvalue weighted by atomic mass is 10.1. The summed E-state index contributed by atoms with van der Waals surface area (Å²) in [6.45, 7) is 8.50. The van der Waals surface area contributed by atoms with E-state index in [2.05, 4.69) is 0 Å². The fraction of sp³-hybridized carbons (Fsp3) is 0.474. The van der Waals surface area contributed by atoms with Crippen LogP contribution in [0.2, 0.25) is 0 Å². The predicted molar refractivity (Wildman–Crippen MR) is 92.9 cm³/mol. The van der Waals surface area contributed by atoms with Gasteiger partial charge in [-0.1, -0.05) is 18.2 Å². The van der Waals surface area contributed by atoms with Crippen LogP contribution < -0.4 is 9.47 Å². The molecule has 0 heterocycles. The molecular weight excluding hydrogens is 292 g/mol. The van der Waals surface area contributed by atoms with E-state index >= 15 is 0 Å². The van der Waals surface area contributed by atoms with Gasteiger partial charge in [-0.25, -0.2) is 0 Å². The molecule has 0 amide bonds. The zero-order valence-electron chi connectivity index (χ0n) is 15.2. The number of benzene rings is 1. The van der Waals surface area contributed by atoms with Crippen molar-refractivity contribution in [1.29, 1.82) is 0 Å². The Hall–Kier alpha value is -1.94. The zero-order valence-corrected chi connectivity index (χ0v) is 15.2. The van der Waals surface area contributed by atoms with E-state index in [1.807, 2.05) is 58.0 Å². The number of hydrogen-bond donors (Lipinski definition) is 0. The van der Waals surface area contributed by atoms with Crippen LogP contribution in [0.3, 0.4) is 0 Å². The highest BCUT2D eigenvalue weighted by Crippen LogP contribution is 2.28. The molecule has 4 nitrogen and oxygen atoms in total. The molecule has 0 N–H and O–H groups in total. The minimum atomic E-state index is -0.386. The Morgan fingerprint density at radius 1 is 1.04 bits per heavy atom. The lowest BCUT2D eigenvalue weighted by molar-refractivity contribution is 0.00700. The van der Waals surface area contributed by atoms with Gasteiger partial charge < -0.3 is 18.9 Å². The summed E-state index contributed by atoms with van der Waals surface area (Å²) in [6.07, 6.45) is 4.05. The smallest absolute Gasteiger partial charge is 0.161 e. The molecule has 4 heteroatoms. The number of ether oxygens (including phenoxy) is 4. The molecule has 0 radical (unpaired) electrons. The Bertz CT molecular complexity index is 571. The lowest BCUT2D eigenvalue weighted by Crippen LogP contribution is -2.21. The average Bonchev–Trinajstić information content (AvgIpc) is 2.56. The minimum Gasteiger partial charge on any atom is -0.501 e. The van der Waals surface area contributed by atoms with Crippen LogP contribution in [0.4, 0.5) is 0 Å². The van der Waals surface area contributed by atoms with Crippen LogP contribution >= 0.6 is 0 Å². The number of methoxy groups -OCH3 is 3. The van der Waals surface area contributed by atoms with Crippen LogP contribution in [0.5, 0.6) is 11.5 Å². The first-order chi connectivity index (χ1) is 10.8. The molecule has 0 saturated heterocycles. The topological polar surface area (TPSA) is 36.9 Å². The van der Waals surface area contributed by atoms with E-state index in [0.29, 0.717) is 18.1 Å². The molecule has 0 fully saturated rings. The summed E-state index contributed by atoms with van der Waals surface area (Å²) in [6, 6.07) is 5.79. The van der Waals surface area contributed by atoms with E-state index in [-0.39, 0.29) is 5.60 Å². The molecule has 0 aliphatic carbocycles. The molecule has 23 heavy (non-hydrogen) atoms. The number of rotatable bonds is 8. The maximum absolute atomic E-state index is 6.01. The second-order valence-electron chi connectivity index (χ2n) is 5.86. The largest absolute Gasteiger partial charge is 0.501 e. The fourth-order valence-corrected chi connectivity index (χ4v) is 1.89. The van der Waals surface area contributed by atoms with Gasteiger partial charge in [0.1, 0.15) is 0 Å². The van der Waals surface area contributed by atoms with E-state index in [4.69, 9.17) is 18.9 Å². The third kappa shape index (κ3) is 5.99. The highest BCUT2D eigenvalue weighted by molar-refractivity contribution is 5.42. The molecule has 0 saturated carbocycles. The Kier molecular flexibility index (Phi) is 7.17. The quantitative estimate of drug-likeness (QED) is 0.522. The molecule has 1 aromatic carbocycles. The summed E-state index contributed by atoms with van der Waals surface area (Å²) in [5.41, 5.74) is 1.72. The first kappa shape index (κ1) is 19.1. The fourth-order valence-electron chi connectivity index (χ4n) is 1.89. The molecule has 0 spiro atoms. The van der Waals surface area contributed by atoms with Gasteiger partial charge in [0.2, 0.25) is 0 Å². The zero-order chi connectivity index (χ0) is 17.5. The van der Waals surface area contributed by atoms with E-state index in [1.165, 1.54) is 0 Å². The molecule has 0 aromatic heterocycles. The normalized spacial score (nSPS) is 13.0. The van der Waals surface area contributed by atoms with E-state index < -0.39 is 0 Å². The van der Waals surface area contributed by atoms with E-state index in [0.717, 1.165) is 16.9 Å². The van der Waals surface area contributed by atoms with Gasteiger partial charge in [0, 0.05) is 0 Å². The van der Waals surface area contributed by atoms with Crippen molar-refractivity contribution in [3.05, 3.63) is 47.2 Å². The van der Waals surface area contributed by atoms with Gasteiger partial charge in [-0.3, -0.25) is 0 Å². The summed E-state index contributed by atoms with van der Waals surface area (Å²) >= 11 is 0. The maximum Gasteiger partial charge on any atom is 0.161 e. The van der Waals surface area contributed by atoms with Crippen LogP contribution in [-0.4, -0.2) is 26.9 Å². The van der Waals surface area contributed by atoms with Crippen molar-refractivity contribution < 1.29 is 18.9 Å². The van der Waals surface area contributed by atoms with Crippen molar-refractivity contribution in [1.82, 2.24) is 0 Å². The standard InChI is InChI=1S/C19H28O4/c1-14(15(2)20-5)10-11-19(3,4)23-13-16-8-9-17(21-6)18(12-16)22-7/h8-12H,13H2,1-7H3/b11-10-,15-14-. The lowest BCUT2D eigenvalue weighted by Gasteiger charge is -2.22. The molecule has 128 valence electrons. The van der Waals surface area contributed by atoms with Gasteiger partial charge in [-0.2, -0.15) is 0 Å². The summed E-state index contributed by atoms with van der Waals surface area (Å²) in [5, 5.41) is 0. The third-order valence-electron chi connectivity index (χ3n) is 3.66. The van der Waals surface area contributed by atoms with Crippen molar-refractivity contribution in [2.75, 3.05) is 21.3 Å². The molecule has 1 aromatic rings. The Morgan fingerprint density at radius 2 is 1.70 bits per heavy atom. The highest BCUT2D eigenvalue weighted by Gasteiger charge is 2.15. The average molecular weight is 320 g/mol. The van der Waals surface area contributed by atoms with Crippen molar-refractivity contribution >= 4 is 0 Å². The highest BCUT2D eigenvalue weighted by atomic mass is 16.5. The van der Waals surface area contributed by atoms with Gasteiger partial charge in [0.15, 0.2) is 11.5 Å². The van der Waals surface area contributed by atoms with Gasteiger partial charge >= 0.3 is 0 Å². The predicted octanol–water partition coefficient (Wildman–Crippen LogP) is 4.50. The van der Waals surface area contributed by atoms with Crippen LogP contribution in [0.1, 0.15) is 33.3 Å². The monoisotopic (exact) mass is 320 g/mol. The van der Waals surface area contributed by atoms with E-state index in [1.54, 1.807) is 21.3 Å². The van der Waals surface area contributed by atoms with Crippen molar-refractivity contribution in [2.24, 2.45) is 0 Å². The summed E-state index contributed by atoms with van der Waals surface area (Å²) in [7, 11) is 4.92. The molecule has 0 unspecified atom stereocenters. The molecule has 1 rings (SSSR count). The van der Waals surface area contributed by atoms with Crippen LogP contribution in [0, 0.1) is 0 Å². The van der Waals surface area contributed by atoms with Gasteiger partial charge in [0.05, 0.1) is 39.3 Å². The Morgan fingerprint density at radius 3 is 2.26 bits per heavy atom. The Labute approximate surface area is 139 Å². The van der Waals surface area contributed by atoms with Crippen molar-refractivity contribution in [3.8, 4) is 11.5 Å². The van der Waals surface area contributed by atoms with Crippen LogP contribution in [0.25, 0.3) is 0 Å². The summed E-state index contributed by atoms with van der Waals surface area (Å²) in [4.78, 5) is 0. The van der Waals surface area contributed by atoms with Crippen molar-refractivity contribution in [3.63, 3.8) is 0 Å². The summed E-state index contributed by atoms with van der Waals surface area (Å²) in [5.74, 6) is 2.32. The third-order valence-corrected chi connectivity index (χ3v) is 3.66. The number of allylic oxidation sites excluding steroid dienone is 3. The van der Waals surface area contributed by atoms with Crippen molar-refractivity contribution in [2.45, 2.75) is 39.9 Å². The number of hydrogen-bond acceptors (Lipinski definition) is 4. The molecule has 0 aliphatic heterocycles. The molecule has 0 atom stereocenters. The second kappa shape index (κ2) is 8.63. The summed E-state index contributed by atoms with van der Waals surface area (Å²) < 4.78 is 21.8. The molecule has 0 aliphatic rings. The Balaban J connectivity index is 2.74. The van der Waals surface area contributed by atoms with Crippen LogP contribution in [0.15, 0.2) is 41.7 Å². The van der Waals surface area contributed by atoms with Crippen LogP contribution in [-0.2, 0) is 16.1 Å². The first-order valence-electron chi connectivity index (χ1n) is 7.58. The van der Waals surface area contributed by atoms with Gasteiger partial charge in [-0.05, 0) is 51.0 Å². The SMILES string of the molecule is CO/C(C)=C(C)\C=C/C(C)(C)OCc1ccc(OC)c(OC)c1. The first-order valence-corrected chi connectivity index (χ1v) is 7.58. The molecule has 0 bridgehead atoms. The van der Waals surface area contributed by atoms with E-state index in [9.17, 15) is 0 Å².